The fourth-order valence-electron chi connectivity index (χ4n) is 2.62. The summed E-state index contributed by atoms with van der Waals surface area (Å²) < 4.78 is 16.8. The minimum Gasteiger partial charge on any atom is -0.497 e. The van der Waals surface area contributed by atoms with E-state index in [-0.39, 0.29) is 12.0 Å². The van der Waals surface area contributed by atoms with Gasteiger partial charge in [0.2, 0.25) is 0 Å². The highest BCUT2D eigenvalue weighted by Gasteiger charge is 2.24. The Kier molecular flexibility index (Phi) is 2.51. The monoisotopic (exact) mass is 280 g/mol. The Morgan fingerprint density at radius 1 is 1.14 bits per heavy atom. The normalized spacial score (nSPS) is 12.4. The van der Waals surface area contributed by atoms with E-state index in [4.69, 9.17) is 13.9 Å². The Bertz CT molecular complexity index is 908. The first kappa shape index (κ1) is 12.0. The molecule has 1 aliphatic rings. The van der Waals surface area contributed by atoms with E-state index >= 15 is 0 Å². The van der Waals surface area contributed by atoms with Crippen LogP contribution in [0.1, 0.15) is 5.56 Å². The quantitative estimate of drug-likeness (QED) is 0.685. The van der Waals surface area contributed by atoms with Gasteiger partial charge in [-0.15, -0.1) is 0 Å². The molecule has 0 fully saturated rings. The molecule has 0 aliphatic carbocycles. The summed E-state index contributed by atoms with van der Waals surface area (Å²) >= 11 is 0. The third-order valence-electron chi connectivity index (χ3n) is 3.70. The van der Waals surface area contributed by atoms with Crippen molar-refractivity contribution in [3.05, 3.63) is 58.3 Å². The predicted molar refractivity (Wildman–Crippen MR) is 78.8 cm³/mol. The Labute approximate surface area is 120 Å². The number of para-hydroxylation sites is 1. The van der Waals surface area contributed by atoms with Crippen molar-refractivity contribution in [3.63, 3.8) is 0 Å². The van der Waals surface area contributed by atoms with E-state index in [1.807, 2.05) is 24.3 Å². The van der Waals surface area contributed by atoms with Gasteiger partial charge in [0.25, 0.3) is 0 Å². The first-order valence-electron chi connectivity index (χ1n) is 6.64. The molecule has 0 unspecified atom stereocenters. The molecule has 21 heavy (non-hydrogen) atoms. The number of hydrogen-bond acceptors (Lipinski definition) is 4. The van der Waals surface area contributed by atoms with Crippen molar-refractivity contribution in [2.45, 2.75) is 6.61 Å². The SMILES string of the molecule is COc1ccc2c(c1)OCc1c-2oc2ccccc2c1=O. The zero-order valence-corrected chi connectivity index (χ0v) is 11.4. The largest absolute Gasteiger partial charge is 0.497 e. The fourth-order valence-corrected chi connectivity index (χ4v) is 2.62. The molecule has 0 saturated heterocycles. The van der Waals surface area contributed by atoms with Gasteiger partial charge in [-0.3, -0.25) is 4.79 Å². The third kappa shape index (κ3) is 1.72. The van der Waals surface area contributed by atoms with Crippen molar-refractivity contribution in [2.75, 3.05) is 7.11 Å². The average molecular weight is 280 g/mol. The first-order valence-corrected chi connectivity index (χ1v) is 6.64. The van der Waals surface area contributed by atoms with Crippen molar-refractivity contribution in [1.29, 1.82) is 0 Å². The van der Waals surface area contributed by atoms with Crippen LogP contribution in [-0.2, 0) is 6.61 Å². The Balaban J connectivity index is 2.04. The minimum absolute atomic E-state index is 0.0340. The van der Waals surface area contributed by atoms with Gasteiger partial charge in [0.1, 0.15) is 29.4 Å². The number of fused-ring (bicyclic) bond motifs is 4. The number of benzene rings is 2. The van der Waals surface area contributed by atoms with E-state index in [1.165, 1.54) is 0 Å². The van der Waals surface area contributed by atoms with Crippen LogP contribution >= 0.6 is 0 Å². The van der Waals surface area contributed by atoms with Crippen molar-refractivity contribution in [3.8, 4) is 22.8 Å². The Morgan fingerprint density at radius 2 is 2.00 bits per heavy atom. The molecule has 3 aromatic rings. The van der Waals surface area contributed by atoms with Crippen LogP contribution < -0.4 is 14.9 Å². The molecule has 0 spiro atoms. The van der Waals surface area contributed by atoms with Crippen molar-refractivity contribution in [1.82, 2.24) is 0 Å². The molecule has 2 aromatic carbocycles. The molecule has 0 bridgehead atoms. The molecule has 0 atom stereocenters. The lowest BCUT2D eigenvalue weighted by Gasteiger charge is -2.20. The summed E-state index contributed by atoms with van der Waals surface area (Å²) in [7, 11) is 1.60. The molecule has 0 amide bonds. The van der Waals surface area contributed by atoms with Gasteiger partial charge < -0.3 is 13.9 Å². The smallest absolute Gasteiger partial charge is 0.199 e. The molecule has 1 aliphatic heterocycles. The van der Waals surface area contributed by atoms with Crippen LogP contribution in [0.25, 0.3) is 22.3 Å². The zero-order chi connectivity index (χ0) is 14.4. The predicted octanol–water partition coefficient (Wildman–Crippen LogP) is 3.36. The molecule has 4 heteroatoms. The highest BCUT2D eigenvalue weighted by atomic mass is 16.5. The molecule has 104 valence electrons. The number of rotatable bonds is 1. The average Bonchev–Trinajstić information content (AvgIpc) is 2.54. The van der Waals surface area contributed by atoms with Gasteiger partial charge in [-0.25, -0.2) is 0 Å². The van der Waals surface area contributed by atoms with Crippen molar-refractivity contribution in [2.24, 2.45) is 0 Å². The summed E-state index contributed by atoms with van der Waals surface area (Å²) in [6.07, 6.45) is 0. The number of methoxy groups -OCH3 is 1. The lowest BCUT2D eigenvalue weighted by molar-refractivity contribution is 0.293. The van der Waals surface area contributed by atoms with Crippen LogP contribution in [0.2, 0.25) is 0 Å². The molecular formula is C17H12O4. The lowest BCUT2D eigenvalue weighted by Crippen LogP contribution is -2.17. The zero-order valence-electron chi connectivity index (χ0n) is 11.4. The maximum Gasteiger partial charge on any atom is 0.199 e. The molecule has 1 aromatic heterocycles. The topological polar surface area (TPSA) is 48.7 Å². The van der Waals surface area contributed by atoms with Gasteiger partial charge in [-0.2, -0.15) is 0 Å². The lowest BCUT2D eigenvalue weighted by atomic mass is 10.0. The Morgan fingerprint density at radius 3 is 2.86 bits per heavy atom. The van der Waals surface area contributed by atoms with Gasteiger partial charge in [-0.05, 0) is 24.3 Å². The molecular weight excluding hydrogens is 268 g/mol. The minimum atomic E-state index is -0.0340. The second-order valence-electron chi connectivity index (χ2n) is 4.89. The van der Waals surface area contributed by atoms with Gasteiger partial charge >= 0.3 is 0 Å². The second kappa shape index (κ2) is 4.38. The number of hydrogen-bond donors (Lipinski definition) is 0. The summed E-state index contributed by atoms with van der Waals surface area (Å²) in [5.41, 5.74) is 1.89. The molecule has 2 heterocycles. The maximum absolute atomic E-state index is 12.5. The van der Waals surface area contributed by atoms with E-state index in [0.717, 1.165) is 5.56 Å². The van der Waals surface area contributed by atoms with Crippen molar-refractivity contribution < 1.29 is 13.9 Å². The van der Waals surface area contributed by atoms with E-state index in [1.54, 1.807) is 25.3 Å². The van der Waals surface area contributed by atoms with Crippen LogP contribution in [-0.4, -0.2) is 7.11 Å². The summed E-state index contributed by atoms with van der Waals surface area (Å²) in [6, 6.07) is 12.7. The molecule has 4 rings (SSSR count). The standard InChI is InChI=1S/C17H12O4/c1-19-10-6-7-12-15(8-10)20-9-13-16(18)11-4-2-3-5-14(11)21-17(12)13/h2-8H,9H2,1H3. The highest BCUT2D eigenvalue weighted by Crippen LogP contribution is 2.39. The number of ether oxygens (including phenoxy) is 2. The third-order valence-corrected chi connectivity index (χ3v) is 3.70. The fraction of sp³-hybridized carbons (Fsp3) is 0.118. The van der Waals surface area contributed by atoms with Gasteiger partial charge in [-0.1, -0.05) is 12.1 Å². The summed E-state index contributed by atoms with van der Waals surface area (Å²) in [6.45, 7) is 0.211. The van der Waals surface area contributed by atoms with Crippen LogP contribution in [0, 0.1) is 0 Å². The Hall–Kier alpha value is -2.75. The van der Waals surface area contributed by atoms with Crippen LogP contribution in [0.4, 0.5) is 0 Å². The van der Waals surface area contributed by atoms with Crippen molar-refractivity contribution >= 4 is 11.0 Å². The summed E-state index contributed by atoms with van der Waals surface area (Å²) in [4.78, 5) is 12.5. The van der Waals surface area contributed by atoms with E-state index in [9.17, 15) is 4.79 Å². The summed E-state index contributed by atoms with van der Waals surface area (Å²) in [5.74, 6) is 1.96. The van der Waals surface area contributed by atoms with Gasteiger partial charge in [0.15, 0.2) is 5.43 Å². The molecule has 0 N–H and O–H groups in total. The van der Waals surface area contributed by atoms with E-state index in [2.05, 4.69) is 0 Å². The maximum atomic E-state index is 12.5. The van der Waals surface area contributed by atoms with Gasteiger partial charge in [0.05, 0.1) is 23.6 Å². The first-order chi connectivity index (χ1) is 10.3. The van der Waals surface area contributed by atoms with Crippen LogP contribution in [0.5, 0.6) is 11.5 Å². The van der Waals surface area contributed by atoms with Crippen LogP contribution in [0.3, 0.4) is 0 Å². The molecule has 0 radical (unpaired) electrons. The molecule has 0 saturated carbocycles. The second-order valence-corrected chi connectivity index (χ2v) is 4.89. The summed E-state index contributed by atoms with van der Waals surface area (Å²) in [5, 5.41) is 0.580. The highest BCUT2D eigenvalue weighted by molar-refractivity contribution is 5.82. The molecule has 4 nitrogen and oxygen atoms in total. The van der Waals surface area contributed by atoms with E-state index < -0.39 is 0 Å². The van der Waals surface area contributed by atoms with Crippen LogP contribution in [0.15, 0.2) is 51.7 Å². The van der Waals surface area contributed by atoms with Gasteiger partial charge in [0, 0.05) is 6.07 Å². The van der Waals surface area contributed by atoms with E-state index in [0.29, 0.717) is 33.8 Å².